The monoisotopic (exact) mass is 251 g/mol. The number of carboxylic acid groups (broad SMARTS) is 1. The number of rotatable bonds is 6. The molecule has 0 aliphatic heterocycles. The highest BCUT2D eigenvalue weighted by atomic mass is 16.4. The van der Waals surface area contributed by atoms with Crippen molar-refractivity contribution in [3.05, 3.63) is 29.6 Å². The molecule has 18 heavy (non-hydrogen) atoms. The number of carbonyl (C=O) groups is 2. The lowest BCUT2D eigenvalue weighted by Gasteiger charge is -2.06. The standard InChI is InChI=1S/C12H17N3O3/c1-2-3-5-14-12(18)15-8-10-7-9(11(16)17)4-6-13-10/h4,6-7H,2-3,5,8H2,1H3,(H,16,17)(H2,14,15,18). The van der Waals surface area contributed by atoms with Crippen LogP contribution in [0.25, 0.3) is 0 Å². The Morgan fingerprint density at radius 3 is 2.83 bits per heavy atom. The zero-order chi connectivity index (χ0) is 13.4. The Hall–Kier alpha value is -2.11. The molecule has 0 fully saturated rings. The molecule has 0 bridgehead atoms. The van der Waals surface area contributed by atoms with Gasteiger partial charge in [-0.1, -0.05) is 13.3 Å². The Bertz CT molecular complexity index is 421. The van der Waals surface area contributed by atoms with Crippen molar-refractivity contribution >= 4 is 12.0 Å². The number of pyridine rings is 1. The molecule has 0 unspecified atom stereocenters. The van der Waals surface area contributed by atoms with E-state index in [2.05, 4.69) is 15.6 Å². The summed E-state index contributed by atoms with van der Waals surface area (Å²) >= 11 is 0. The number of carbonyl (C=O) groups excluding carboxylic acids is 1. The Kier molecular flexibility index (Phi) is 5.63. The molecular formula is C12H17N3O3. The molecule has 1 aromatic heterocycles. The zero-order valence-electron chi connectivity index (χ0n) is 10.3. The van der Waals surface area contributed by atoms with Crippen molar-refractivity contribution in [2.45, 2.75) is 26.3 Å². The summed E-state index contributed by atoms with van der Waals surface area (Å²) in [6, 6.07) is 2.58. The molecule has 98 valence electrons. The highest BCUT2D eigenvalue weighted by molar-refractivity contribution is 5.87. The first-order chi connectivity index (χ1) is 8.63. The lowest BCUT2D eigenvalue weighted by molar-refractivity contribution is 0.0696. The average molecular weight is 251 g/mol. The van der Waals surface area contributed by atoms with Crippen molar-refractivity contribution in [2.75, 3.05) is 6.54 Å². The summed E-state index contributed by atoms with van der Waals surface area (Å²) < 4.78 is 0. The number of amides is 2. The van der Waals surface area contributed by atoms with Gasteiger partial charge < -0.3 is 15.7 Å². The van der Waals surface area contributed by atoms with E-state index in [-0.39, 0.29) is 18.1 Å². The minimum atomic E-state index is -1.01. The molecular weight excluding hydrogens is 234 g/mol. The summed E-state index contributed by atoms with van der Waals surface area (Å²) in [5, 5.41) is 14.1. The predicted molar refractivity (Wildman–Crippen MR) is 66.3 cm³/mol. The van der Waals surface area contributed by atoms with E-state index in [1.54, 1.807) is 0 Å². The number of aromatic nitrogens is 1. The number of nitrogens with zero attached hydrogens (tertiary/aromatic N) is 1. The van der Waals surface area contributed by atoms with Crippen molar-refractivity contribution in [2.24, 2.45) is 0 Å². The van der Waals surface area contributed by atoms with Crippen molar-refractivity contribution in [3.63, 3.8) is 0 Å². The first-order valence-corrected chi connectivity index (χ1v) is 5.83. The van der Waals surface area contributed by atoms with E-state index in [9.17, 15) is 9.59 Å². The summed E-state index contributed by atoms with van der Waals surface area (Å²) in [6.45, 7) is 2.88. The number of carboxylic acids is 1. The van der Waals surface area contributed by atoms with Gasteiger partial charge in [0.05, 0.1) is 17.8 Å². The van der Waals surface area contributed by atoms with Crippen molar-refractivity contribution in [1.82, 2.24) is 15.6 Å². The molecule has 0 radical (unpaired) electrons. The predicted octanol–water partition coefficient (Wildman–Crippen LogP) is 1.38. The van der Waals surface area contributed by atoms with Crippen LogP contribution in [0.5, 0.6) is 0 Å². The molecule has 0 saturated carbocycles. The van der Waals surface area contributed by atoms with Crippen LogP contribution in [-0.4, -0.2) is 28.6 Å². The maximum absolute atomic E-state index is 11.3. The molecule has 0 atom stereocenters. The number of aromatic carboxylic acids is 1. The molecule has 6 heteroatoms. The van der Waals surface area contributed by atoms with Gasteiger partial charge in [0.1, 0.15) is 0 Å². The Morgan fingerprint density at radius 1 is 1.39 bits per heavy atom. The van der Waals surface area contributed by atoms with E-state index >= 15 is 0 Å². The van der Waals surface area contributed by atoms with E-state index in [1.807, 2.05) is 6.92 Å². The average Bonchev–Trinajstić information content (AvgIpc) is 2.37. The summed E-state index contributed by atoms with van der Waals surface area (Å²) in [4.78, 5) is 26.1. The van der Waals surface area contributed by atoms with Crippen molar-refractivity contribution < 1.29 is 14.7 Å². The maximum atomic E-state index is 11.3. The van der Waals surface area contributed by atoms with Crippen molar-refractivity contribution in [3.8, 4) is 0 Å². The van der Waals surface area contributed by atoms with Gasteiger partial charge in [-0.2, -0.15) is 0 Å². The number of nitrogens with one attached hydrogen (secondary N) is 2. The van der Waals surface area contributed by atoms with Gasteiger partial charge in [-0.3, -0.25) is 4.98 Å². The van der Waals surface area contributed by atoms with Crippen LogP contribution in [0.1, 0.15) is 35.8 Å². The van der Waals surface area contributed by atoms with Crippen molar-refractivity contribution in [1.29, 1.82) is 0 Å². The summed E-state index contributed by atoms with van der Waals surface area (Å²) in [5.74, 6) is -1.01. The van der Waals surface area contributed by atoms with Crippen LogP contribution in [0.15, 0.2) is 18.3 Å². The fourth-order valence-electron chi connectivity index (χ4n) is 1.32. The SMILES string of the molecule is CCCCNC(=O)NCc1cc(C(=O)O)ccn1. The van der Waals surface area contributed by atoms with Crippen LogP contribution in [-0.2, 0) is 6.54 Å². The van der Waals surface area contributed by atoms with Gasteiger partial charge in [-0.05, 0) is 18.6 Å². The van der Waals surface area contributed by atoms with Gasteiger partial charge in [0.2, 0.25) is 0 Å². The van der Waals surface area contributed by atoms with E-state index in [1.165, 1.54) is 18.3 Å². The highest BCUT2D eigenvalue weighted by Crippen LogP contribution is 2.01. The zero-order valence-corrected chi connectivity index (χ0v) is 10.3. The minimum Gasteiger partial charge on any atom is -0.478 e. The molecule has 6 nitrogen and oxygen atoms in total. The molecule has 2 amide bonds. The van der Waals surface area contributed by atoms with Crippen LogP contribution < -0.4 is 10.6 Å². The molecule has 0 spiro atoms. The minimum absolute atomic E-state index is 0.160. The Balaban J connectivity index is 2.41. The van der Waals surface area contributed by atoms with Crippen LogP contribution >= 0.6 is 0 Å². The third-order valence-corrected chi connectivity index (χ3v) is 2.31. The molecule has 1 rings (SSSR count). The van der Waals surface area contributed by atoms with Gasteiger partial charge in [-0.15, -0.1) is 0 Å². The smallest absolute Gasteiger partial charge is 0.335 e. The molecule has 0 aliphatic carbocycles. The van der Waals surface area contributed by atoms with Gasteiger partial charge in [-0.25, -0.2) is 9.59 Å². The quantitative estimate of drug-likeness (QED) is 0.666. The first kappa shape index (κ1) is 14.0. The maximum Gasteiger partial charge on any atom is 0.335 e. The number of hydrogen-bond acceptors (Lipinski definition) is 3. The molecule has 1 heterocycles. The Labute approximate surface area is 105 Å². The summed E-state index contributed by atoms with van der Waals surface area (Å²) in [7, 11) is 0. The van der Waals surface area contributed by atoms with Crippen LogP contribution in [0, 0.1) is 0 Å². The van der Waals surface area contributed by atoms with Crippen LogP contribution in [0.4, 0.5) is 4.79 Å². The normalized spacial score (nSPS) is 9.83. The fourth-order valence-corrected chi connectivity index (χ4v) is 1.32. The van der Waals surface area contributed by atoms with Gasteiger partial charge in [0.15, 0.2) is 0 Å². The lowest BCUT2D eigenvalue weighted by atomic mass is 10.2. The topological polar surface area (TPSA) is 91.3 Å². The molecule has 3 N–H and O–H groups in total. The van der Waals surface area contributed by atoms with Gasteiger partial charge in [0.25, 0.3) is 0 Å². The summed E-state index contributed by atoms with van der Waals surface area (Å²) in [5.41, 5.74) is 0.675. The second-order valence-electron chi connectivity index (χ2n) is 3.80. The highest BCUT2D eigenvalue weighted by Gasteiger charge is 2.05. The second-order valence-corrected chi connectivity index (χ2v) is 3.80. The first-order valence-electron chi connectivity index (χ1n) is 5.83. The molecule has 0 saturated heterocycles. The fraction of sp³-hybridized carbons (Fsp3) is 0.417. The van der Waals surface area contributed by atoms with E-state index < -0.39 is 5.97 Å². The summed E-state index contributed by atoms with van der Waals surface area (Å²) in [6.07, 6.45) is 3.36. The number of hydrogen-bond donors (Lipinski definition) is 3. The molecule has 0 aliphatic rings. The lowest BCUT2D eigenvalue weighted by Crippen LogP contribution is -2.35. The van der Waals surface area contributed by atoms with E-state index in [0.717, 1.165) is 12.8 Å². The van der Waals surface area contributed by atoms with Crippen LogP contribution in [0.3, 0.4) is 0 Å². The third-order valence-electron chi connectivity index (χ3n) is 2.31. The van der Waals surface area contributed by atoms with Gasteiger partial charge in [0, 0.05) is 12.7 Å². The third kappa shape index (κ3) is 4.82. The van der Waals surface area contributed by atoms with E-state index in [0.29, 0.717) is 12.2 Å². The molecule has 0 aromatic carbocycles. The number of unbranched alkanes of at least 4 members (excludes halogenated alkanes) is 1. The van der Waals surface area contributed by atoms with Gasteiger partial charge >= 0.3 is 12.0 Å². The largest absolute Gasteiger partial charge is 0.478 e. The number of urea groups is 1. The van der Waals surface area contributed by atoms with Crippen LogP contribution in [0.2, 0.25) is 0 Å². The molecule has 1 aromatic rings. The Morgan fingerprint density at radius 2 is 2.17 bits per heavy atom. The second kappa shape index (κ2) is 7.26. The van der Waals surface area contributed by atoms with E-state index in [4.69, 9.17) is 5.11 Å².